The molecule has 0 bridgehead atoms. The van der Waals surface area contributed by atoms with Crippen molar-refractivity contribution in [3.63, 3.8) is 0 Å². The molecule has 0 aliphatic carbocycles. The van der Waals surface area contributed by atoms with Gasteiger partial charge in [0.25, 0.3) is 5.91 Å². The molecule has 1 aliphatic rings. The van der Waals surface area contributed by atoms with E-state index in [0.29, 0.717) is 6.54 Å². The maximum absolute atomic E-state index is 11.8. The number of carbonyl (C=O) groups excluding carboxylic acids is 2. The van der Waals surface area contributed by atoms with Gasteiger partial charge in [0.05, 0.1) is 13.7 Å². The third kappa shape index (κ3) is 5.13. The van der Waals surface area contributed by atoms with Crippen molar-refractivity contribution in [2.24, 2.45) is 0 Å². The van der Waals surface area contributed by atoms with E-state index in [1.807, 2.05) is 18.2 Å². The highest BCUT2D eigenvalue weighted by Crippen LogP contribution is 2.11. The lowest BCUT2D eigenvalue weighted by molar-refractivity contribution is -0.170. The highest BCUT2D eigenvalue weighted by atomic mass is 16.7. The number of piperazine rings is 1. The van der Waals surface area contributed by atoms with Gasteiger partial charge in [-0.1, -0.05) is 18.2 Å². The first-order valence-corrected chi connectivity index (χ1v) is 7.85. The largest absolute Gasteiger partial charge is 0.297 e. The van der Waals surface area contributed by atoms with Gasteiger partial charge in [-0.05, 0) is 18.6 Å². The zero-order valence-electron chi connectivity index (χ0n) is 14.1. The second-order valence-corrected chi connectivity index (χ2v) is 5.88. The van der Waals surface area contributed by atoms with E-state index in [2.05, 4.69) is 15.9 Å². The summed E-state index contributed by atoms with van der Waals surface area (Å²) >= 11 is 0. The lowest BCUT2D eigenvalue weighted by Gasteiger charge is -2.34. The first-order valence-electron chi connectivity index (χ1n) is 7.85. The summed E-state index contributed by atoms with van der Waals surface area (Å²) in [6.07, 6.45) is 0. The van der Waals surface area contributed by atoms with Crippen molar-refractivity contribution in [1.29, 1.82) is 0 Å². The van der Waals surface area contributed by atoms with E-state index in [4.69, 9.17) is 4.84 Å². The molecular formula is C17H25N3O3. The Morgan fingerprint density at radius 1 is 1.17 bits per heavy atom. The average Bonchev–Trinajstić information content (AvgIpc) is 2.56. The standard InChI is InChI=1S/C17H25N3O3/c1-14(21)16-6-4-5-15(11-16)12-19-7-9-20(10-8-19)13-17(22)18(2)23-3/h4-6,11H,7-10,12-13H2,1-3H3. The van der Waals surface area contributed by atoms with Crippen LogP contribution in [0.15, 0.2) is 24.3 Å². The third-order valence-corrected chi connectivity index (χ3v) is 4.19. The van der Waals surface area contributed by atoms with E-state index in [1.165, 1.54) is 12.2 Å². The Labute approximate surface area is 137 Å². The number of rotatable bonds is 6. The van der Waals surface area contributed by atoms with E-state index in [9.17, 15) is 9.59 Å². The van der Waals surface area contributed by atoms with Crippen LogP contribution >= 0.6 is 0 Å². The van der Waals surface area contributed by atoms with Gasteiger partial charge in [-0.15, -0.1) is 0 Å². The highest BCUT2D eigenvalue weighted by Gasteiger charge is 2.20. The average molecular weight is 319 g/mol. The zero-order chi connectivity index (χ0) is 16.8. The fourth-order valence-corrected chi connectivity index (χ4v) is 2.65. The lowest BCUT2D eigenvalue weighted by Crippen LogP contribution is -2.49. The van der Waals surface area contributed by atoms with Crippen LogP contribution in [0.3, 0.4) is 0 Å². The van der Waals surface area contributed by atoms with Crippen molar-refractivity contribution in [2.75, 3.05) is 46.9 Å². The van der Waals surface area contributed by atoms with Gasteiger partial charge >= 0.3 is 0 Å². The molecule has 1 saturated heterocycles. The van der Waals surface area contributed by atoms with Crippen LogP contribution in [0, 0.1) is 0 Å². The number of hydrogen-bond donors (Lipinski definition) is 0. The number of likely N-dealkylation sites (N-methyl/N-ethyl adjacent to an activating group) is 1. The molecule has 6 heteroatoms. The van der Waals surface area contributed by atoms with Gasteiger partial charge in [0.1, 0.15) is 0 Å². The molecule has 1 aliphatic heterocycles. The van der Waals surface area contributed by atoms with Crippen molar-refractivity contribution in [1.82, 2.24) is 14.9 Å². The Morgan fingerprint density at radius 3 is 2.43 bits per heavy atom. The molecule has 1 aromatic carbocycles. The summed E-state index contributed by atoms with van der Waals surface area (Å²) < 4.78 is 0. The number of carbonyl (C=O) groups is 2. The lowest BCUT2D eigenvalue weighted by atomic mass is 10.1. The van der Waals surface area contributed by atoms with E-state index in [-0.39, 0.29) is 11.7 Å². The second kappa shape index (κ2) is 8.19. The summed E-state index contributed by atoms with van der Waals surface area (Å²) in [4.78, 5) is 32.7. The molecule has 0 spiro atoms. The molecule has 23 heavy (non-hydrogen) atoms. The minimum Gasteiger partial charge on any atom is -0.297 e. The Kier molecular flexibility index (Phi) is 6.27. The van der Waals surface area contributed by atoms with Gasteiger partial charge in [-0.3, -0.25) is 24.2 Å². The van der Waals surface area contributed by atoms with E-state index in [0.717, 1.165) is 43.9 Å². The molecule has 126 valence electrons. The predicted octanol–water partition coefficient (Wildman–Crippen LogP) is 1.03. The molecule has 0 N–H and O–H groups in total. The van der Waals surface area contributed by atoms with Crippen LogP contribution in [0.1, 0.15) is 22.8 Å². The zero-order valence-corrected chi connectivity index (χ0v) is 14.1. The van der Waals surface area contributed by atoms with Gasteiger partial charge in [-0.25, -0.2) is 5.06 Å². The third-order valence-electron chi connectivity index (χ3n) is 4.19. The normalized spacial score (nSPS) is 16.3. The van der Waals surface area contributed by atoms with Crippen molar-refractivity contribution in [3.8, 4) is 0 Å². The van der Waals surface area contributed by atoms with Crippen LogP contribution in [0.5, 0.6) is 0 Å². The molecule has 1 heterocycles. The number of benzene rings is 1. The summed E-state index contributed by atoms with van der Waals surface area (Å²) in [6.45, 7) is 6.35. The van der Waals surface area contributed by atoms with E-state index >= 15 is 0 Å². The molecule has 6 nitrogen and oxygen atoms in total. The molecule has 0 atom stereocenters. The molecule has 2 rings (SSSR count). The fourth-order valence-electron chi connectivity index (χ4n) is 2.65. The Hall–Kier alpha value is -1.76. The summed E-state index contributed by atoms with van der Waals surface area (Å²) in [5, 5.41) is 1.26. The molecule has 1 fully saturated rings. The molecule has 0 unspecified atom stereocenters. The molecular weight excluding hydrogens is 294 g/mol. The Balaban J connectivity index is 1.82. The summed E-state index contributed by atoms with van der Waals surface area (Å²) in [7, 11) is 3.12. The van der Waals surface area contributed by atoms with Gasteiger partial charge in [0.15, 0.2) is 5.78 Å². The van der Waals surface area contributed by atoms with Crippen molar-refractivity contribution in [2.45, 2.75) is 13.5 Å². The molecule has 1 aromatic rings. The van der Waals surface area contributed by atoms with Gasteiger partial charge < -0.3 is 0 Å². The Bertz CT molecular complexity index is 554. The minimum atomic E-state index is -0.0323. The molecule has 1 amide bonds. The van der Waals surface area contributed by atoms with Crippen molar-refractivity contribution >= 4 is 11.7 Å². The SMILES string of the molecule is CON(C)C(=O)CN1CCN(Cc2cccc(C(C)=O)c2)CC1. The smallest absolute Gasteiger partial charge is 0.259 e. The van der Waals surface area contributed by atoms with Crippen LogP contribution in [-0.2, 0) is 16.2 Å². The predicted molar refractivity (Wildman–Crippen MR) is 87.9 cm³/mol. The minimum absolute atomic E-state index is 0.0323. The topological polar surface area (TPSA) is 53.1 Å². The van der Waals surface area contributed by atoms with Crippen LogP contribution in [0.4, 0.5) is 0 Å². The van der Waals surface area contributed by atoms with Crippen LogP contribution in [0.25, 0.3) is 0 Å². The van der Waals surface area contributed by atoms with E-state index < -0.39 is 0 Å². The van der Waals surface area contributed by atoms with Gasteiger partial charge in [0, 0.05) is 45.3 Å². The van der Waals surface area contributed by atoms with Gasteiger partial charge in [0.2, 0.25) is 0 Å². The number of nitrogens with zero attached hydrogens (tertiary/aromatic N) is 3. The number of hydroxylamine groups is 2. The van der Waals surface area contributed by atoms with Crippen molar-refractivity contribution in [3.05, 3.63) is 35.4 Å². The quantitative estimate of drug-likeness (QED) is 0.579. The molecule has 0 radical (unpaired) electrons. The summed E-state index contributed by atoms with van der Waals surface area (Å²) in [5.41, 5.74) is 1.91. The molecule has 0 saturated carbocycles. The Morgan fingerprint density at radius 2 is 1.83 bits per heavy atom. The van der Waals surface area contributed by atoms with Crippen LogP contribution in [0.2, 0.25) is 0 Å². The monoisotopic (exact) mass is 319 g/mol. The maximum Gasteiger partial charge on any atom is 0.259 e. The van der Waals surface area contributed by atoms with E-state index in [1.54, 1.807) is 14.0 Å². The number of amides is 1. The molecule has 0 aromatic heterocycles. The summed E-state index contributed by atoms with van der Waals surface area (Å²) in [5.74, 6) is 0.0625. The van der Waals surface area contributed by atoms with Gasteiger partial charge in [-0.2, -0.15) is 0 Å². The maximum atomic E-state index is 11.8. The van der Waals surface area contributed by atoms with Crippen LogP contribution < -0.4 is 0 Å². The highest BCUT2D eigenvalue weighted by molar-refractivity contribution is 5.94. The number of Topliss-reactive ketones (excluding diaryl/α,β-unsaturated/α-hetero) is 1. The number of ketones is 1. The summed E-state index contributed by atoms with van der Waals surface area (Å²) in [6, 6.07) is 7.80. The number of hydrogen-bond acceptors (Lipinski definition) is 5. The fraction of sp³-hybridized carbons (Fsp3) is 0.529. The van der Waals surface area contributed by atoms with Crippen molar-refractivity contribution < 1.29 is 14.4 Å². The van der Waals surface area contributed by atoms with Crippen LogP contribution in [-0.4, -0.2) is 73.4 Å². The first-order chi connectivity index (χ1) is 11.0. The second-order valence-electron chi connectivity index (χ2n) is 5.88. The first kappa shape index (κ1) is 17.6.